The van der Waals surface area contributed by atoms with Crippen molar-refractivity contribution in [2.75, 3.05) is 6.54 Å². The van der Waals surface area contributed by atoms with Gasteiger partial charge in [0.2, 0.25) is 0 Å². The molecule has 1 aromatic heterocycles. The van der Waals surface area contributed by atoms with Gasteiger partial charge in [0.25, 0.3) is 0 Å². The molecule has 90 valence electrons. The Hall–Kier alpha value is -1.04. The zero-order chi connectivity index (χ0) is 11.6. The SMILES string of the molecule is FC(F)(F)c1ccn(C[C@H]2CCCCN2)n1. The largest absolute Gasteiger partial charge is 0.435 e. The summed E-state index contributed by atoms with van der Waals surface area (Å²) < 4.78 is 38.2. The molecule has 0 aliphatic carbocycles. The molecule has 1 aliphatic rings. The fourth-order valence-electron chi connectivity index (χ4n) is 1.92. The van der Waals surface area contributed by atoms with Crippen LogP contribution in [0.5, 0.6) is 0 Å². The summed E-state index contributed by atoms with van der Waals surface area (Å²) in [6.07, 6.45) is 0.319. The standard InChI is InChI=1S/C10H14F3N3/c11-10(12,13)9-4-6-16(15-9)7-8-3-1-2-5-14-8/h4,6,8,14H,1-3,5,7H2/t8-/m1/s1. The molecule has 1 N–H and O–H groups in total. The summed E-state index contributed by atoms with van der Waals surface area (Å²) in [4.78, 5) is 0. The number of halogens is 3. The van der Waals surface area contributed by atoms with Gasteiger partial charge in [-0.1, -0.05) is 6.42 Å². The van der Waals surface area contributed by atoms with Crippen molar-refractivity contribution in [3.8, 4) is 0 Å². The molecular weight excluding hydrogens is 219 g/mol. The molecular formula is C10H14F3N3. The lowest BCUT2D eigenvalue weighted by Crippen LogP contribution is -2.37. The summed E-state index contributed by atoms with van der Waals surface area (Å²) in [5.41, 5.74) is -0.816. The van der Waals surface area contributed by atoms with E-state index in [2.05, 4.69) is 10.4 Å². The first-order valence-corrected chi connectivity index (χ1v) is 5.40. The number of rotatable bonds is 2. The normalized spacial score (nSPS) is 22.3. The molecule has 1 fully saturated rings. The quantitative estimate of drug-likeness (QED) is 0.847. The lowest BCUT2D eigenvalue weighted by Gasteiger charge is -2.23. The highest BCUT2D eigenvalue weighted by Crippen LogP contribution is 2.27. The molecule has 2 heterocycles. The minimum atomic E-state index is -4.34. The fraction of sp³-hybridized carbons (Fsp3) is 0.700. The van der Waals surface area contributed by atoms with Crippen molar-refractivity contribution >= 4 is 0 Å². The Morgan fingerprint density at radius 1 is 1.44 bits per heavy atom. The van der Waals surface area contributed by atoms with E-state index in [4.69, 9.17) is 0 Å². The van der Waals surface area contributed by atoms with Crippen LogP contribution in [0.4, 0.5) is 13.2 Å². The van der Waals surface area contributed by atoms with E-state index in [0.717, 1.165) is 31.9 Å². The topological polar surface area (TPSA) is 29.9 Å². The first-order chi connectivity index (χ1) is 7.55. The number of aromatic nitrogens is 2. The van der Waals surface area contributed by atoms with Gasteiger partial charge in [-0.05, 0) is 25.5 Å². The second-order valence-electron chi connectivity index (χ2n) is 4.07. The van der Waals surface area contributed by atoms with Crippen LogP contribution in [-0.2, 0) is 12.7 Å². The van der Waals surface area contributed by atoms with Crippen LogP contribution in [0.25, 0.3) is 0 Å². The van der Waals surface area contributed by atoms with Crippen LogP contribution in [0.15, 0.2) is 12.3 Å². The van der Waals surface area contributed by atoms with Crippen LogP contribution >= 0.6 is 0 Å². The Morgan fingerprint density at radius 2 is 2.25 bits per heavy atom. The van der Waals surface area contributed by atoms with E-state index >= 15 is 0 Å². The first-order valence-electron chi connectivity index (χ1n) is 5.40. The monoisotopic (exact) mass is 233 g/mol. The van der Waals surface area contributed by atoms with Gasteiger partial charge in [-0.25, -0.2) is 0 Å². The molecule has 0 spiro atoms. The molecule has 1 atom stereocenters. The Balaban J connectivity index is 1.97. The van der Waals surface area contributed by atoms with Gasteiger partial charge in [-0.2, -0.15) is 18.3 Å². The molecule has 3 nitrogen and oxygen atoms in total. The van der Waals surface area contributed by atoms with Crippen LogP contribution in [0.1, 0.15) is 25.0 Å². The third kappa shape index (κ3) is 2.75. The smallest absolute Gasteiger partial charge is 0.312 e. The maximum Gasteiger partial charge on any atom is 0.435 e. The lowest BCUT2D eigenvalue weighted by molar-refractivity contribution is -0.141. The van der Waals surface area contributed by atoms with Crippen molar-refractivity contribution < 1.29 is 13.2 Å². The number of hydrogen-bond donors (Lipinski definition) is 1. The number of piperidine rings is 1. The predicted molar refractivity (Wildman–Crippen MR) is 52.9 cm³/mol. The molecule has 1 aromatic rings. The van der Waals surface area contributed by atoms with Crippen molar-refractivity contribution in [3.05, 3.63) is 18.0 Å². The molecule has 0 amide bonds. The average Bonchev–Trinajstić information content (AvgIpc) is 2.67. The van der Waals surface area contributed by atoms with E-state index in [0.29, 0.717) is 6.54 Å². The zero-order valence-corrected chi connectivity index (χ0v) is 8.80. The highest BCUT2D eigenvalue weighted by molar-refractivity contribution is 5.03. The van der Waals surface area contributed by atoms with Crippen molar-refractivity contribution in [2.24, 2.45) is 0 Å². The lowest BCUT2D eigenvalue weighted by atomic mass is 10.1. The molecule has 1 saturated heterocycles. The summed E-state index contributed by atoms with van der Waals surface area (Å²) in [6, 6.07) is 1.26. The number of alkyl halides is 3. The van der Waals surface area contributed by atoms with Crippen molar-refractivity contribution in [3.63, 3.8) is 0 Å². The molecule has 0 saturated carbocycles. The number of nitrogens with one attached hydrogen (secondary N) is 1. The van der Waals surface area contributed by atoms with Crippen molar-refractivity contribution in [1.29, 1.82) is 0 Å². The Bertz CT molecular complexity index is 339. The van der Waals surface area contributed by atoms with Crippen molar-refractivity contribution in [2.45, 2.75) is 38.0 Å². The van der Waals surface area contributed by atoms with Gasteiger partial charge in [0.1, 0.15) is 0 Å². The van der Waals surface area contributed by atoms with E-state index in [9.17, 15) is 13.2 Å². The van der Waals surface area contributed by atoms with Gasteiger partial charge in [0.15, 0.2) is 5.69 Å². The molecule has 0 bridgehead atoms. The predicted octanol–water partition coefficient (Wildman–Crippen LogP) is 2.04. The van der Waals surface area contributed by atoms with Gasteiger partial charge in [0, 0.05) is 12.2 Å². The summed E-state index contributed by atoms with van der Waals surface area (Å²) >= 11 is 0. The second-order valence-corrected chi connectivity index (χ2v) is 4.07. The molecule has 0 aromatic carbocycles. The van der Waals surface area contributed by atoms with Crippen molar-refractivity contribution in [1.82, 2.24) is 15.1 Å². The van der Waals surface area contributed by atoms with Gasteiger partial charge in [-0.3, -0.25) is 4.68 Å². The highest BCUT2D eigenvalue weighted by atomic mass is 19.4. The number of nitrogens with zero attached hydrogens (tertiary/aromatic N) is 2. The van der Waals surface area contributed by atoms with E-state index in [1.54, 1.807) is 0 Å². The Morgan fingerprint density at radius 3 is 2.81 bits per heavy atom. The van der Waals surface area contributed by atoms with Crippen LogP contribution in [-0.4, -0.2) is 22.4 Å². The Labute approximate surface area is 91.6 Å². The third-order valence-corrected chi connectivity index (χ3v) is 2.75. The van der Waals surface area contributed by atoms with E-state index in [1.165, 1.54) is 10.9 Å². The average molecular weight is 233 g/mol. The van der Waals surface area contributed by atoms with Gasteiger partial charge < -0.3 is 5.32 Å². The molecule has 1 aliphatic heterocycles. The minimum Gasteiger partial charge on any atom is -0.312 e. The molecule has 6 heteroatoms. The molecule has 16 heavy (non-hydrogen) atoms. The van der Waals surface area contributed by atoms with Crippen LogP contribution in [0.3, 0.4) is 0 Å². The summed E-state index contributed by atoms with van der Waals surface area (Å²) in [5.74, 6) is 0. The first kappa shape index (κ1) is 11.4. The fourth-order valence-corrected chi connectivity index (χ4v) is 1.92. The second kappa shape index (κ2) is 4.45. The van der Waals surface area contributed by atoms with Gasteiger partial charge >= 0.3 is 6.18 Å². The van der Waals surface area contributed by atoms with E-state index in [1.807, 2.05) is 0 Å². The van der Waals surface area contributed by atoms with Crippen LogP contribution in [0.2, 0.25) is 0 Å². The highest BCUT2D eigenvalue weighted by Gasteiger charge is 2.33. The van der Waals surface area contributed by atoms with Crippen LogP contribution < -0.4 is 5.32 Å². The number of hydrogen-bond acceptors (Lipinski definition) is 2. The molecule has 0 unspecified atom stereocenters. The van der Waals surface area contributed by atoms with Crippen LogP contribution in [0, 0.1) is 0 Å². The minimum absolute atomic E-state index is 0.245. The van der Waals surface area contributed by atoms with Gasteiger partial charge in [0.05, 0.1) is 6.54 Å². The molecule has 0 radical (unpaired) electrons. The maximum atomic E-state index is 12.3. The maximum absolute atomic E-state index is 12.3. The zero-order valence-electron chi connectivity index (χ0n) is 8.80. The summed E-state index contributed by atoms with van der Waals surface area (Å²) in [6.45, 7) is 1.45. The third-order valence-electron chi connectivity index (χ3n) is 2.75. The molecule has 2 rings (SSSR count). The van der Waals surface area contributed by atoms with E-state index in [-0.39, 0.29) is 6.04 Å². The van der Waals surface area contributed by atoms with E-state index < -0.39 is 11.9 Å². The van der Waals surface area contributed by atoms with Gasteiger partial charge in [-0.15, -0.1) is 0 Å². The summed E-state index contributed by atoms with van der Waals surface area (Å²) in [7, 11) is 0. The Kier molecular flexibility index (Phi) is 3.18. The summed E-state index contributed by atoms with van der Waals surface area (Å²) in [5, 5.41) is 6.80.